The predicted octanol–water partition coefficient (Wildman–Crippen LogP) is -1.55. The molecule has 2 aromatic rings. The van der Waals surface area contributed by atoms with Gasteiger partial charge in [-0.1, -0.05) is 0 Å². The number of fused-ring (bicyclic) bond motifs is 1. The summed E-state index contributed by atoms with van der Waals surface area (Å²) in [6, 6.07) is 0. The molecule has 2 aromatic heterocycles. The maximum atomic E-state index is 11.4. The van der Waals surface area contributed by atoms with Crippen LogP contribution in [0, 0.1) is 0 Å². The summed E-state index contributed by atoms with van der Waals surface area (Å²) in [6.07, 6.45) is 0.544. The van der Waals surface area contributed by atoms with Crippen molar-refractivity contribution in [1.29, 1.82) is 0 Å². The van der Waals surface area contributed by atoms with Crippen LogP contribution in [-0.2, 0) is 13.5 Å². The first kappa shape index (κ1) is 9.66. The van der Waals surface area contributed by atoms with Crippen LogP contribution in [0.2, 0.25) is 0 Å². The van der Waals surface area contributed by atoms with Gasteiger partial charge in [0.15, 0.2) is 5.65 Å². The molecule has 0 unspecified atom stereocenters. The lowest BCUT2D eigenvalue weighted by molar-refractivity contribution is 0.828. The first-order valence-electron chi connectivity index (χ1n) is 4.51. The second kappa shape index (κ2) is 3.35. The molecular formula is C8H11N5O2. The molecule has 0 aromatic carbocycles. The number of aryl methyl sites for hydroxylation is 1. The Kier molecular flexibility index (Phi) is 2.16. The number of nitrogens with two attached hydrogens (primary N) is 1. The Morgan fingerprint density at radius 3 is 2.80 bits per heavy atom. The maximum Gasteiger partial charge on any atom is 0.329 e. The minimum absolute atomic E-state index is 0.306. The fourth-order valence-electron chi connectivity index (χ4n) is 1.41. The van der Waals surface area contributed by atoms with Crippen molar-refractivity contribution in [1.82, 2.24) is 19.5 Å². The van der Waals surface area contributed by atoms with Gasteiger partial charge in [0.2, 0.25) is 0 Å². The predicted molar refractivity (Wildman–Crippen MR) is 54.7 cm³/mol. The minimum Gasteiger partial charge on any atom is -0.336 e. The second-order valence-corrected chi connectivity index (χ2v) is 3.24. The van der Waals surface area contributed by atoms with Crippen molar-refractivity contribution in [2.45, 2.75) is 6.42 Å². The number of aromatic amines is 2. The van der Waals surface area contributed by atoms with Gasteiger partial charge in [-0.2, -0.15) is 0 Å². The number of hydrogen-bond donors (Lipinski definition) is 3. The summed E-state index contributed by atoms with van der Waals surface area (Å²) in [5.74, 6) is 0.610. The van der Waals surface area contributed by atoms with Gasteiger partial charge in [-0.05, 0) is 6.54 Å². The van der Waals surface area contributed by atoms with Crippen molar-refractivity contribution in [3.63, 3.8) is 0 Å². The summed E-state index contributed by atoms with van der Waals surface area (Å²) in [4.78, 5) is 31.8. The third-order valence-corrected chi connectivity index (χ3v) is 2.18. The van der Waals surface area contributed by atoms with Gasteiger partial charge in [-0.25, -0.2) is 9.78 Å². The van der Waals surface area contributed by atoms with E-state index in [2.05, 4.69) is 15.0 Å². The first-order valence-corrected chi connectivity index (χ1v) is 4.51. The third-order valence-electron chi connectivity index (χ3n) is 2.18. The van der Waals surface area contributed by atoms with Gasteiger partial charge in [0.1, 0.15) is 11.3 Å². The van der Waals surface area contributed by atoms with Crippen LogP contribution in [0.4, 0.5) is 0 Å². The number of nitrogens with zero attached hydrogens (tertiary/aromatic N) is 2. The van der Waals surface area contributed by atoms with Crippen molar-refractivity contribution in [2.75, 3.05) is 6.54 Å². The molecule has 0 aliphatic heterocycles. The standard InChI is InChI=1S/C8H11N5O2/c1-13-6-5(7(14)12-8(13)15)10-4(11-6)2-3-9/h2-3,9H2,1H3,(H,10,11)(H,12,14,15). The Bertz CT molecular complexity index is 606. The normalized spacial score (nSPS) is 11.1. The van der Waals surface area contributed by atoms with Gasteiger partial charge in [0.25, 0.3) is 5.56 Å². The summed E-state index contributed by atoms with van der Waals surface area (Å²) in [5, 5.41) is 0. The van der Waals surface area contributed by atoms with Gasteiger partial charge in [0.05, 0.1) is 0 Å². The van der Waals surface area contributed by atoms with Crippen LogP contribution in [0.25, 0.3) is 11.2 Å². The number of H-pyrrole nitrogens is 2. The molecule has 0 amide bonds. The average molecular weight is 209 g/mol. The zero-order valence-corrected chi connectivity index (χ0v) is 8.20. The molecule has 0 bridgehead atoms. The lowest BCUT2D eigenvalue weighted by Crippen LogP contribution is -2.28. The van der Waals surface area contributed by atoms with E-state index in [0.29, 0.717) is 30.0 Å². The maximum absolute atomic E-state index is 11.4. The van der Waals surface area contributed by atoms with Crippen LogP contribution in [0.3, 0.4) is 0 Å². The van der Waals surface area contributed by atoms with E-state index in [0.717, 1.165) is 0 Å². The van der Waals surface area contributed by atoms with Gasteiger partial charge < -0.3 is 10.7 Å². The highest BCUT2D eigenvalue weighted by Gasteiger charge is 2.09. The van der Waals surface area contributed by atoms with Crippen molar-refractivity contribution in [3.8, 4) is 0 Å². The second-order valence-electron chi connectivity index (χ2n) is 3.24. The zero-order valence-electron chi connectivity index (χ0n) is 8.20. The summed E-state index contributed by atoms with van der Waals surface area (Å²) in [6.45, 7) is 0.436. The van der Waals surface area contributed by atoms with Crippen LogP contribution in [0.1, 0.15) is 5.82 Å². The molecule has 7 heteroatoms. The Labute approximate surface area is 83.9 Å². The van der Waals surface area contributed by atoms with E-state index in [1.807, 2.05) is 0 Å². The van der Waals surface area contributed by atoms with Crippen molar-refractivity contribution < 1.29 is 0 Å². The Morgan fingerprint density at radius 1 is 1.40 bits per heavy atom. The Balaban J connectivity index is 2.80. The number of hydrogen-bond acceptors (Lipinski definition) is 4. The van der Waals surface area contributed by atoms with E-state index >= 15 is 0 Å². The average Bonchev–Trinajstić information content (AvgIpc) is 2.60. The molecule has 0 atom stereocenters. The molecule has 0 aliphatic carbocycles. The fourth-order valence-corrected chi connectivity index (χ4v) is 1.41. The molecule has 0 saturated carbocycles. The highest BCUT2D eigenvalue weighted by Crippen LogP contribution is 2.03. The van der Waals surface area contributed by atoms with Gasteiger partial charge in [-0.3, -0.25) is 14.3 Å². The molecule has 80 valence electrons. The summed E-state index contributed by atoms with van der Waals surface area (Å²) in [7, 11) is 1.55. The van der Waals surface area contributed by atoms with E-state index in [-0.39, 0.29) is 0 Å². The van der Waals surface area contributed by atoms with Crippen LogP contribution in [-0.4, -0.2) is 26.1 Å². The molecule has 0 aliphatic rings. The largest absolute Gasteiger partial charge is 0.336 e. The van der Waals surface area contributed by atoms with Gasteiger partial charge in [0, 0.05) is 13.5 Å². The quantitative estimate of drug-likeness (QED) is 0.556. The molecule has 15 heavy (non-hydrogen) atoms. The smallest absolute Gasteiger partial charge is 0.329 e. The van der Waals surface area contributed by atoms with Crippen molar-refractivity contribution in [3.05, 3.63) is 26.7 Å². The molecule has 0 radical (unpaired) electrons. The number of nitrogens with one attached hydrogen (secondary N) is 2. The van der Waals surface area contributed by atoms with Crippen LogP contribution >= 0.6 is 0 Å². The number of rotatable bonds is 2. The monoisotopic (exact) mass is 209 g/mol. The molecule has 4 N–H and O–H groups in total. The molecule has 2 rings (SSSR count). The van der Waals surface area contributed by atoms with E-state index in [4.69, 9.17) is 5.73 Å². The van der Waals surface area contributed by atoms with E-state index in [1.54, 1.807) is 7.05 Å². The fraction of sp³-hybridized carbons (Fsp3) is 0.375. The molecule has 0 fully saturated rings. The summed E-state index contributed by atoms with van der Waals surface area (Å²) < 4.78 is 1.28. The van der Waals surface area contributed by atoms with Crippen molar-refractivity contribution in [2.24, 2.45) is 12.8 Å². The van der Waals surface area contributed by atoms with E-state index in [9.17, 15) is 9.59 Å². The molecule has 0 spiro atoms. The van der Waals surface area contributed by atoms with Crippen molar-refractivity contribution >= 4 is 11.2 Å². The van der Waals surface area contributed by atoms with E-state index < -0.39 is 11.2 Å². The molecule has 7 nitrogen and oxygen atoms in total. The molecule has 2 heterocycles. The minimum atomic E-state index is -0.474. The highest BCUT2D eigenvalue weighted by molar-refractivity contribution is 5.69. The molecular weight excluding hydrogens is 198 g/mol. The SMILES string of the molecule is Cn1c(=O)[nH]c(=O)c2[nH]c(CCN)nc21. The lowest BCUT2D eigenvalue weighted by Gasteiger charge is -1.94. The lowest BCUT2D eigenvalue weighted by atomic mass is 10.4. The number of imidazole rings is 1. The Hall–Kier alpha value is -1.89. The van der Waals surface area contributed by atoms with Gasteiger partial charge >= 0.3 is 5.69 Å². The van der Waals surface area contributed by atoms with Crippen LogP contribution in [0.5, 0.6) is 0 Å². The van der Waals surface area contributed by atoms with Gasteiger partial charge in [-0.15, -0.1) is 0 Å². The summed E-state index contributed by atoms with van der Waals surface area (Å²) in [5.41, 5.74) is 5.11. The first-order chi connectivity index (χ1) is 7.13. The highest BCUT2D eigenvalue weighted by atomic mass is 16.2. The third kappa shape index (κ3) is 1.46. The van der Waals surface area contributed by atoms with Crippen LogP contribution in [0.15, 0.2) is 9.59 Å². The van der Waals surface area contributed by atoms with E-state index in [1.165, 1.54) is 4.57 Å². The number of aromatic nitrogens is 4. The Morgan fingerprint density at radius 2 is 2.13 bits per heavy atom. The topological polar surface area (TPSA) is 110 Å². The molecule has 0 saturated heterocycles. The zero-order chi connectivity index (χ0) is 11.0. The summed E-state index contributed by atoms with van der Waals surface area (Å²) >= 11 is 0. The van der Waals surface area contributed by atoms with Crippen LogP contribution < -0.4 is 17.0 Å².